The van der Waals surface area contributed by atoms with Crippen molar-refractivity contribution in [3.05, 3.63) is 48.0 Å². The molecular formula is C16H14NO6S-. The van der Waals surface area contributed by atoms with Gasteiger partial charge in [0.05, 0.1) is 24.1 Å². The van der Waals surface area contributed by atoms with E-state index in [1.807, 2.05) is 0 Å². The zero-order valence-electron chi connectivity index (χ0n) is 12.5. The molecule has 2 aromatic carbocycles. The maximum absolute atomic E-state index is 12.5. The Balaban J connectivity index is 1.85. The Bertz CT molecular complexity index is 861. The van der Waals surface area contributed by atoms with Gasteiger partial charge in [-0.15, -0.1) is 0 Å². The molecule has 1 heterocycles. The van der Waals surface area contributed by atoms with Crippen molar-refractivity contribution in [1.82, 2.24) is 0 Å². The van der Waals surface area contributed by atoms with Crippen LogP contribution in [0.15, 0.2) is 47.4 Å². The first-order valence-corrected chi connectivity index (χ1v) is 8.68. The fourth-order valence-electron chi connectivity index (χ4n) is 2.20. The number of carbonyl (C=O) groups excluding carboxylic acids is 1. The van der Waals surface area contributed by atoms with Crippen LogP contribution < -0.4 is 19.3 Å². The van der Waals surface area contributed by atoms with Crippen LogP contribution in [0.25, 0.3) is 0 Å². The summed E-state index contributed by atoms with van der Waals surface area (Å²) in [5.74, 6) is -0.445. The smallest absolute Gasteiger partial charge is 0.262 e. The van der Waals surface area contributed by atoms with E-state index in [9.17, 15) is 18.3 Å². The zero-order valence-corrected chi connectivity index (χ0v) is 13.3. The summed E-state index contributed by atoms with van der Waals surface area (Å²) in [6, 6.07) is 9.61. The van der Waals surface area contributed by atoms with Gasteiger partial charge >= 0.3 is 0 Å². The molecule has 0 saturated heterocycles. The Hall–Kier alpha value is -2.74. The van der Waals surface area contributed by atoms with Gasteiger partial charge in [-0.05, 0) is 29.8 Å². The fraction of sp³-hybridized carbons (Fsp3) is 0.188. The van der Waals surface area contributed by atoms with E-state index in [0.717, 1.165) is 6.42 Å². The molecule has 0 unspecified atom stereocenters. The van der Waals surface area contributed by atoms with Crippen LogP contribution in [0.2, 0.25) is 0 Å². The van der Waals surface area contributed by atoms with Gasteiger partial charge in [-0.1, -0.05) is 12.1 Å². The second-order valence-corrected chi connectivity index (χ2v) is 6.81. The summed E-state index contributed by atoms with van der Waals surface area (Å²) < 4.78 is 38.3. The molecule has 0 spiro atoms. The second-order valence-electron chi connectivity index (χ2n) is 5.13. The minimum atomic E-state index is -3.84. The van der Waals surface area contributed by atoms with Crippen LogP contribution in [-0.4, -0.2) is 27.6 Å². The molecule has 7 nitrogen and oxygen atoms in total. The normalized spacial score (nSPS) is 13.8. The molecule has 126 valence electrons. The Kier molecular flexibility index (Phi) is 4.30. The van der Waals surface area contributed by atoms with Gasteiger partial charge in [0.2, 0.25) is 0 Å². The maximum atomic E-state index is 12.5. The number of benzene rings is 2. The molecule has 3 rings (SSSR count). The monoisotopic (exact) mass is 348 g/mol. The van der Waals surface area contributed by atoms with Gasteiger partial charge in [0, 0.05) is 18.2 Å². The van der Waals surface area contributed by atoms with Crippen molar-refractivity contribution < 1.29 is 27.8 Å². The van der Waals surface area contributed by atoms with Gasteiger partial charge in [-0.25, -0.2) is 8.42 Å². The summed E-state index contributed by atoms with van der Waals surface area (Å²) >= 11 is 0. The van der Waals surface area contributed by atoms with Crippen LogP contribution in [0, 0.1) is 0 Å². The highest BCUT2D eigenvalue weighted by atomic mass is 32.2. The van der Waals surface area contributed by atoms with Crippen molar-refractivity contribution in [3.8, 4) is 11.5 Å². The predicted octanol–water partition coefficient (Wildman–Crippen LogP) is 1.01. The summed E-state index contributed by atoms with van der Waals surface area (Å²) in [7, 11) is -3.84. The first-order chi connectivity index (χ1) is 11.5. The number of carbonyl (C=O) groups is 1. The predicted molar refractivity (Wildman–Crippen MR) is 83.6 cm³/mol. The standard InChI is InChI=1S/C16H15NO6S/c18-16(19)11-2-4-12(5-3-11)17-24(20,21)13-6-7-14-15(10-13)23-9-1-8-22-14/h2-7,10,17H,1,8-9H2,(H,18,19)/p-1. The van der Waals surface area contributed by atoms with Gasteiger partial charge in [-0.2, -0.15) is 0 Å². The summed E-state index contributed by atoms with van der Waals surface area (Å²) in [6.07, 6.45) is 0.722. The van der Waals surface area contributed by atoms with Crippen molar-refractivity contribution in [2.24, 2.45) is 0 Å². The molecule has 2 aromatic rings. The quantitative estimate of drug-likeness (QED) is 0.884. The highest BCUT2D eigenvalue weighted by Gasteiger charge is 2.19. The Morgan fingerprint density at radius 2 is 1.67 bits per heavy atom. The first-order valence-electron chi connectivity index (χ1n) is 7.19. The maximum Gasteiger partial charge on any atom is 0.262 e. The largest absolute Gasteiger partial charge is 0.545 e. The lowest BCUT2D eigenvalue weighted by atomic mass is 10.2. The summed E-state index contributed by atoms with van der Waals surface area (Å²) in [6.45, 7) is 0.969. The lowest BCUT2D eigenvalue weighted by Crippen LogP contribution is -2.22. The molecule has 0 radical (unpaired) electrons. The van der Waals surface area contributed by atoms with Crippen molar-refractivity contribution in [1.29, 1.82) is 0 Å². The van der Waals surface area contributed by atoms with Gasteiger partial charge in [0.25, 0.3) is 10.0 Å². The first kappa shape index (κ1) is 16.1. The number of fused-ring (bicyclic) bond motifs is 1. The molecule has 0 bridgehead atoms. The van der Waals surface area contributed by atoms with Crippen LogP contribution >= 0.6 is 0 Å². The molecule has 0 atom stereocenters. The number of hydrogen-bond acceptors (Lipinski definition) is 6. The molecular weight excluding hydrogens is 334 g/mol. The van der Waals surface area contributed by atoms with Gasteiger partial charge < -0.3 is 19.4 Å². The average Bonchev–Trinajstić information content (AvgIpc) is 2.79. The summed E-state index contributed by atoms with van der Waals surface area (Å²) in [4.78, 5) is 10.7. The second kappa shape index (κ2) is 6.40. The van der Waals surface area contributed by atoms with Crippen molar-refractivity contribution in [2.75, 3.05) is 17.9 Å². The SMILES string of the molecule is O=C([O-])c1ccc(NS(=O)(=O)c2ccc3c(c2)OCCCO3)cc1. The molecule has 0 saturated carbocycles. The Morgan fingerprint density at radius 1 is 1.00 bits per heavy atom. The Morgan fingerprint density at radius 3 is 2.33 bits per heavy atom. The van der Waals surface area contributed by atoms with Gasteiger partial charge in [0.15, 0.2) is 11.5 Å². The van der Waals surface area contributed by atoms with Crippen LogP contribution in [-0.2, 0) is 10.0 Å². The third-order valence-electron chi connectivity index (χ3n) is 3.40. The van der Waals surface area contributed by atoms with Crippen molar-refractivity contribution in [2.45, 2.75) is 11.3 Å². The van der Waals surface area contributed by atoms with Crippen LogP contribution in [0.4, 0.5) is 5.69 Å². The number of hydrogen-bond donors (Lipinski definition) is 1. The third-order valence-corrected chi connectivity index (χ3v) is 4.78. The zero-order chi connectivity index (χ0) is 17.2. The summed E-state index contributed by atoms with van der Waals surface area (Å²) in [5.41, 5.74) is 0.209. The highest BCUT2D eigenvalue weighted by Crippen LogP contribution is 2.32. The molecule has 1 aliphatic rings. The molecule has 8 heteroatoms. The highest BCUT2D eigenvalue weighted by molar-refractivity contribution is 7.92. The minimum Gasteiger partial charge on any atom is -0.545 e. The van der Waals surface area contributed by atoms with Gasteiger partial charge in [0.1, 0.15) is 0 Å². The average molecular weight is 348 g/mol. The van der Waals surface area contributed by atoms with Crippen LogP contribution in [0.5, 0.6) is 11.5 Å². The van der Waals surface area contributed by atoms with Gasteiger partial charge in [-0.3, -0.25) is 4.72 Å². The number of rotatable bonds is 4. The minimum absolute atomic E-state index is 0.0238. The molecule has 0 aliphatic carbocycles. The molecule has 0 amide bonds. The number of carboxylic acid groups (broad SMARTS) is 1. The van der Waals surface area contributed by atoms with E-state index in [4.69, 9.17) is 9.47 Å². The van der Waals surface area contributed by atoms with E-state index in [2.05, 4.69) is 4.72 Å². The lowest BCUT2D eigenvalue weighted by molar-refractivity contribution is -0.255. The molecule has 1 N–H and O–H groups in total. The lowest BCUT2D eigenvalue weighted by Gasteiger charge is -2.12. The van der Waals surface area contributed by atoms with E-state index in [-0.39, 0.29) is 16.1 Å². The van der Waals surface area contributed by atoms with Crippen molar-refractivity contribution >= 4 is 21.7 Å². The van der Waals surface area contributed by atoms with Crippen molar-refractivity contribution in [3.63, 3.8) is 0 Å². The van der Waals surface area contributed by atoms with Crippen LogP contribution in [0.3, 0.4) is 0 Å². The molecule has 24 heavy (non-hydrogen) atoms. The molecule has 1 aliphatic heterocycles. The fourth-order valence-corrected chi connectivity index (χ4v) is 3.27. The summed E-state index contributed by atoms with van der Waals surface area (Å²) in [5, 5.41) is 10.7. The number of ether oxygens (including phenoxy) is 2. The topological polar surface area (TPSA) is 105 Å². The van der Waals surface area contributed by atoms with E-state index < -0.39 is 16.0 Å². The number of nitrogens with one attached hydrogen (secondary N) is 1. The molecule has 0 aromatic heterocycles. The number of anilines is 1. The number of sulfonamides is 1. The Labute approximate surface area is 138 Å². The van der Waals surface area contributed by atoms with E-state index in [1.54, 1.807) is 6.07 Å². The number of carboxylic acids is 1. The molecule has 0 fully saturated rings. The van der Waals surface area contributed by atoms with Crippen LogP contribution in [0.1, 0.15) is 16.8 Å². The van der Waals surface area contributed by atoms with E-state index in [0.29, 0.717) is 24.7 Å². The third kappa shape index (κ3) is 3.43. The van der Waals surface area contributed by atoms with E-state index >= 15 is 0 Å². The van der Waals surface area contributed by atoms with E-state index in [1.165, 1.54) is 36.4 Å². The number of aromatic carboxylic acids is 1.